The van der Waals surface area contributed by atoms with Crippen LogP contribution in [0.1, 0.15) is 31.9 Å². The van der Waals surface area contributed by atoms with Crippen molar-refractivity contribution < 1.29 is 18.9 Å². The van der Waals surface area contributed by atoms with Crippen molar-refractivity contribution in [3.05, 3.63) is 29.8 Å². The number of carboxylic acids is 1. The topological polar surface area (TPSA) is 86.7 Å². The summed E-state index contributed by atoms with van der Waals surface area (Å²) in [5, 5.41) is 12.1. The minimum absolute atomic E-state index is 0.166. The lowest BCUT2D eigenvalue weighted by atomic mass is 9.91. The van der Waals surface area contributed by atoms with Gasteiger partial charge in [0, 0.05) is 35.0 Å². The molecule has 1 saturated heterocycles. The first-order valence-electron chi connectivity index (χ1n) is 7.99. The van der Waals surface area contributed by atoms with E-state index in [9.17, 15) is 18.9 Å². The van der Waals surface area contributed by atoms with Crippen LogP contribution in [0.4, 0.5) is 4.79 Å². The first-order chi connectivity index (χ1) is 11.3. The van der Waals surface area contributed by atoms with E-state index in [-0.39, 0.29) is 24.5 Å². The zero-order valence-electron chi connectivity index (χ0n) is 14.2. The van der Waals surface area contributed by atoms with E-state index in [2.05, 4.69) is 5.32 Å². The summed E-state index contributed by atoms with van der Waals surface area (Å²) >= 11 is 0. The van der Waals surface area contributed by atoms with Gasteiger partial charge >= 0.3 is 12.0 Å². The first-order valence-corrected chi connectivity index (χ1v) is 9.55. The van der Waals surface area contributed by atoms with E-state index >= 15 is 0 Å². The van der Waals surface area contributed by atoms with Gasteiger partial charge in [0.1, 0.15) is 0 Å². The van der Waals surface area contributed by atoms with Gasteiger partial charge in [-0.25, -0.2) is 4.79 Å². The molecular formula is C17H24N2O4S. The van der Waals surface area contributed by atoms with Gasteiger partial charge in [0.2, 0.25) is 0 Å². The average molecular weight is 352 g/mol. The molecule has 1 aliphatic heterocycles. The Labute approximate surface area is 144 Å². The van der Waals surface area contributed by atoms with E-state index in [4.69, 9.17) is 0 Å². The average Bonchev–Trinajstić information content (AvgIpc) is 2.54. The van der Waals surface area contributed by atoms with Crippen molar-refractivity contribution in [2.24, 2.45) is 11.8 Å². The molecule has 2 rings (SSSR count). The van der Waals surface area contributed by atoms with Crippen molar-refractivity contribution in [3.63, 3.8) is 0 Å². The lowest BCUT2D eigenvalue weighted by Gasteiger charge is -2.35. The highest BCUT2D eigenvalue weighted by molar-refractivity contribution is 7.84. The van der Waals surface area contributed by atoms with Gasteiger partial charge in [0.05, 0.1) is 12.0 Å². The second-order valence-electron chi connectivity index (χ2n) is 6.48. The molecule has 0 aromatic heterocycles. The molecule has 0 saturated carbocycles. The highest BCUT2D eigenvalue weighted by Crippen LogP contribution is 2.22. The lowest BCUT2D eigenvalue weighted by molar-refractivity contribution is -0.143. The fraction of sp³-hybridized carbons (Fsp3) is 0.529. The van der Waals surface area contributed by atoms with E-state index in [1.807, 2.05) is 26.0 Å². The summed E-state index contributed by atoms with van der Waals surface area (Å²) in [5.74, 6) is -1.19. The molecule has 0 aliphatic carbocycles. The smallest absolute Gasteiger partial charge is 0.317 e. The number of carboxylic acid groups (broad SMARTS) is 1. The third-order valence-corrected chi connectivity index (χ3v) is 5.28. The number of carbonyl (C=O) groups excluding carboxylic acids is 1. The summed E-state index contributed by atoms with van der Waals surface area (Å²) < 4.78 is 11.4. The van der Waals surface area contributed by atoms with Crippen molar-refractivity contribution in [2.45, 2.75) is 31.2 Å². The van der Waals surface area contributed by atoms with E-state index in [0.717, 1.165) is 10.5 Å². The predicted molar refractivity (Wildman–Crippen MR) is 92.2 cm³/mol. The molecule has 2 amide bonds. The number of nitrogens with zero attached hydrogens (tertiary/aromatic N) is 1. The normalized spacial score (nSPS) is 23.4. The standard InChI is InChI=1S/C17H24N2O4S/c1-11-8-14(16(20)21)10-19(9-11)17(22)18-12(2)13-4-6-15(7-5-13)24(3)23/h4-7,11-12,14H,8-10H2,1-3H3,(H,18,22)(H,20,21). The van der Waals surface area contributed by atoms with Crippen LogP contribution in [0, 0.1) is 11.8 Å². The molecule has 0 radical (unpaired) electrons. The van der Waals surface area contributed by atoms with E-state index in [1.54, 1.807) is 23.3 Å². The lowest BCUT2D eigenvalue weighted by Crippen LogP contribution is -2.49. The number of likely N-dealkylation sites (tertiary alicyclic amines) is 1. The second kappa shape index (κ2) is 7.79. The van der Waals surface area contributed by atoms with Gasteiger partial charge in [-0.05, 0) is 37.0 Å². The molecule has 1 aliphatic rings. The minimum Gasteiger partial charge on any atom is -0.481 e. The van der Waals surface area contributed by atoms with Crippen molar-refractivity contribution in [1.29, 1.82) is 0 Å². The number of aliphatic carboxylic acids is 1. The largest absolute Gasteiger partial charge is 0.481 e. The van der Waals surface area contributed by atoms with Crippen molar-refractivity contribution >= 4 is 22.8 Å². The van der Waals surface area contributed by atoms with Crippen molar-refractivity contribution in [2.75, 3.05) is 19.3 Å². The van der Waals surface area contributed by atoms with Gasteiger partial charge in [-0.1, -0.05) is 19.1 Å². The molecule has 1 aromatic rings. The van der Waals surface area contributed by atoms with Crippen LogP contribution in [0.5, 0.6) is 0 Å². The Morgan fingerprint density at radius 1 is 1.29 bits per heavy atom. The van der Waals surface area contributed by atoms with Crippen molar-refractivity contribution in [1.82, 2.24) is 10.2 Å². The van der Waals surface area contributed by atoms with Crippen LogP contribution in [0.25, 0.3) is 0 Å². The molecule has 7 heteroatoms. The maximum atomic E-state index is 12.4. The molecule has 6 nitrogen and oxygen atoms in total. The number of hydrogen-bond acceptors (Lipinski definition) is 3. The summed E-state index contributed by atoms with van der Waals surface area (Å²) in [6.45, 7) is 4.64. The number of urea groups is 1. The van der Waals surface area contributed by atoms with Gasteiger partial charge in [0.25, 0.3) is 0 Å². The van der Waals surface area contributed by atoms with Gasteiger partial charge < -0.3 is 15.3 Å². The zero-order chi connectivity index (χ0) is 17.9. The Bertz CT molecular complexity index is 632. The molecule has 4 unspecified atom stereocenters. The van der Waals surface area contributed by atoms with Crippen LogP contribution in [0.2, 0.25) is 0 Å². The third kappa shape index (κ3) is 4.56. The molecular weight excluding hydrogens is 328 g/mol. The maximum Gasteiger partial charge on any atom is 0.317 e. The number of hydrogen-bond donors (Lipinski definition) is 2. The monoisotopic (exact) mass is 352 g/mol. The summed E-state index contributed by atoms with van der Waals surface area (Å²) in [6.07, 6.45) is 2.22. The minimum atomic E-state index is -1.03. The first kappa shape index (κ1) is 18.4. The molecule has 0 spiro atoms. The van der Waals surface area contributed by atoms with Gasteiger partial charge in [-0.3, -0.25) is 9.00 Å². The summed E-state index contributed by atoms with van der Waals surface area (Å²) in [4.78, 5) is 26.0. The Balaban J connectivity index is 2.00. The second-order valence-corrected chi connectivity index (χ2v) is 7.86. The van der Waals surface area contributed by atoms with Crippen LogP contribution in [0.15, 0.2) is 29.2 Å². The number of carbonyl (C=O) groups is 2. The van der Waals surface area contributed by atoms with Crippen LogP contribution in [0.3, 0.4) is 0 Å². The molecule has 0 bridgehead atoms. The van der Waals surface area contributed by atoms with Crippen LogP contribution >= 0.6 is 0 Å². The summed E-state index contributed by atoms with van der Waals surface area (Å²) in [7, 11) is -1.03. The van der Waals surface area contributed by atoms with Gasteiger partial charge in [-0.15, -0.1) is 0 Å². The summed E-state index contributed by atoms with van der Waals surface area (Å²) in [6, 6.07) is 6.82. The van der Waals surface area contributed by atoms with Crippen molar-refractivity contribution in [3.8, 4) is 0 Å². The Kier molecular flexibility index (Phi) is 5.99. The highest BCUT2D eigenvalue weighted by Gasteiger charge is 2.32. The number of benzene rings is 1. The fourth-order valence-electron chi connectivity index (χ4n) is 3.00. The molecule has 24 heavy (non-hydrogen) atoms. The fourth-order valence-corrected chi connectivity index (χ4v) is 3.52. The third-order valence-electron chi connectivity index (χ3n) is 4.35. The van der Waals surface area contributed by atoms with Gasteiger partial charge in [-0.2, -0.15) is 0 Å². The predicted octanol–water partition coefficient (Wildman–Crippen LogP) is 2.24. The summed E-state index contributed by atoms with van der Waals surface area (Å²) in [5.41, 5.74) is 0.914. The molecule has 1 fully saturated rings. The number of piperidine rings is 1. The molecule has 2 N–H and O–H groups in total. The Morgan fingerprint density at radius 3 is 2.46 bits per heavy atom. The number of rotatable bonds is 4. The van der Waals surface area contributed by atoms with E-state index < -0.39 is 22.7 Å². The highest BCUT2D eigenvalue weighted by atomic mass is 32.2. The van der Waals surface area contributed by atoms with Crippen LogP contribution in [-0.4, -0.2) is 45.6 Å². The van der Waals surface area contributed by atoms with Crippen LogP contribution in [-0.2, 0) is 15.6 Å². The number of nitrogens with one attached hydrogen (secondary N) is 1. The molecule has 1 aromatic carbocycles. The van der Waals surface area contributed by atoms with E-state index in [0.29, 0.717) is 13.0 Å². The zero-order valence-corrected chi connectivity index (χ0v) is 15.0. The molecule has 4 atom stereocenters. The molecule has 132 valence electrons. The Morgan fingerprint density at radius 2 is 1.92 bits per heavy atom. The Hall–Kier alpha value is -1.89. The van der Waals surface area contributed by atoms with E-state index in [1.165, 1.54) is 0 Å². The maximum absolute atomic E-state index is 12.4. The van der Waals surface area contributed by atoms with Gasteiger partial charge in [0.15, 0.2) is 0 Å². The van der Waals surface area contributed by atoms with Crippen LogP contribution < -0.4 is 5.32 Å². The SMILES string of the molecule is CC1CC(C(=O)O)CN(C(=O)NC(C)c2ccc(S(C)=O)cc2)C1. The quantitative estimate of drug-likeness (QED) is 0.870. The molecule has 1 heterocycles. The number of amides is 2.